The highest BCUT2D eigenvalue weighted by Crippen LogP contribution is 2.56. The second kappa shape index (κ2) is 14.4. The van der Waals surface area contributed by atoms with Crippen LogP contribution < -0.4 is 40.7 Å². The molecule has 0 aromatic heterocycles. The van der Waals surface area contributed by atoms with Crippen molar-refractivity contribution in [3.05, 3.63) is 182 Å². The van der Waals surface area contributed by atoms with E-state index in [-0.39, 0.29) is 0 Å². The molecule has 0 aliphatic carbocycles. The van der Waals surface area contributed by atoms with Gasteiger partial charge in [-0.3, -0.25) is 0 Å². The summed E-state index contributed by atoms with van der Waals surface area (Å²) < 4.78 is 10.8. The van der Waals surface area contributed by atoms with Crippen molar-refractivity contribution >= 4 is 68.1 Å². The normalized spacial score (nSPS) is 11.2. The van der Waals surface area contributed by atoms with Crippen molar-refractivity contribution in [3.8, 4) is 11.5 Å². The molecule has 0 unspecified atom stereocenters. The third-order valence-corrected chi connectivity index (χ3v) is 13.1. The van der Waals surface area contributed by atoms with Gasteiger partial charge in [0.2, 0.25) is 0 Å². The van der Waals surface area contributed by atoms with Crippen LogP contribution in [0.3, 0.4) is 0 Å². The second-order valence-corrected chi connectivity index (χ2v) is 15.0. The third-order valence-electron chi connectivity index (χ3n) is 8.79. The molecule has 0 atom stereocenters. The van der Waals surface area contributed by atoms with E-state index in [4.69, 9.17) is 9.39 Å². The maximum atomic E-state index is 10.9. The van der Waals surface area contributed by atoms with Crippen molar-refractivity contribution in [1.29, 1.82) is 0 Å². The molecule has 0 fully saturated rings. The summed E-state index contributed by atoms with van der Waals surface area (Å²) in [5.74, 6) is 1.27. The highest BCUT2D eigenvalue weighted by atomic mass is 31.2. The van der Waals surface area contributed by atoms with Gasteiger partial charge in [-0.1, -0.05) is 115 Å². The van der Waals surface area contributed by atoms with Gasteiger partial charge in [-0.15, -0.1) is 0 Å². The number of ether oxygens (including phenoxy) is 1. The quantitative estimate of drug-likeness (QED) is 0.0847. The second-order valence-electron chi connectivity index (χ2n) is 11.6. The standard InChI is InChI=1S/C25H22OP.C18H11BO3/c1-26-24-19-11-12-20-25(24)27(21-13-5-2-6-14-21,22-15-7-3-8-16-22)23-17-9-4-10-18-23;20-19(21)22-17-7-3-6-12-8-9-15-10-13-4-1-2-5-14(13)11-16(15)18(12)17/h2-20H,1H3;1-11H/q+1;-2. The largest absolute Gasteiger partial charge is 0.860 e. The zero-order valence-electron chi connectivity index (χ0n) is 27.0. The van der Waals surface area contributed by atoms with E-state index in [1.807, 2.05) is 42.5 Å². The van der Waals surface area contributed by atoms with Crippen LogP contribution in [0, 0.1) is 0 Å². The Morgan fingerprint density at radius 3 is 1.49 bits per heavy atom. The van der Waals surface area contributed by atoms with Crippen LogP contribution in [0.15, 0.2) is 182 Å². The molecule has 0 heterocycles. The van der Waals surface area contributed by atoms with Crippen molar-refractivity contribution in [2.24, 2.45) is 0 Å². The monoisotopic (exact) mass is 655 g/mol. The molecule has 0 radical (unpaired) electrons. The number of hydrogen-bond donors (Lipinski definition) is 0. The van der Waals surface area contributed by atoms with Gasteiger partial charge >= 0.3 is 0 Å². The first kappa shape index (κ1) is 32.1. The molecule has 49 heavy (non-hydrogen) atoms. The molecule has 6 heteroatoms. The summed E-state index contributed by atoms with van der Waals surface area (Å²) in [6.07, 6.45) is 0. The molecule has 8 aromatic rings. The Kier molecular flexibility index (Phi) is 9.41. The van der Waals surface area contributed by atoms with Crippen LogP contribution in [0.4, 0.5) is 0 Å². The summed E-state index contributed by atoms with van der Waals surface area (Å²) in [4.78, 5) is 0. The number of hydrogen-bond acceptors (Lipinski definition) is 4. The molecule has 4 nitrogen and oxygen atoms in total. The van der Waals surface area contributed by atoms with Crippen LogP contribution in [-0.2, 0) is 0 Å². The molecular formula is C43H33BO4P-. The summed E-state index contributed by atoms with van der Waals surface area (Å²) in [6, 6.07) is 62.7. The third kappa shape index (κ3) is 6.28. The Balaban J connectivity index is 0.000000157. The van der Waals surface area contributed by atoms with Crippen LogP contribution in [0.2, 0.25) is 0 Å². The number of benzene rings is 8. The van der Waals surface area contributed by atoms with Crippen molar-refractivity contribution in [2.75, 3.05) is 7.11 Å². The van der Waals surface area contributed by atoms with Crippen LogP contribution in [0.5, 0.6) is 11.5 Å². The lowest BCUT2D eigenvalue weighted by Gasteiger charge is -2.28. The summed E-state index contributed by atoms with van der Waals surface area (Å²) in [6.45, 7) is 0. The van der Waals surface area contributed by atoms with Crippen LogP contribution in [0.1, 0.15) is 0 Å². The lowest BCUT2D eigenvalue weighted by Crippen LogP contribution is -2.50. The summed E-state index contributed by atoms with van der Waals surface area (Å²) in [7, 11) is -2.66. The van der Waals surface area contributed by atoms with Gasteiger partial charge in [-0.25, -0.2) is 0 Å². The Bertz CT molecular complexity index is 2230. The number of rotatable bonds is 7. The first-order valence-electron chi connectivity index (χ1n) is 16.1. The van der Waals surface area contributed by atoms with E-state index in [2.05, 4.69) is 127 Å². The molecule has 0 saturated carbocycles. The van der Waals surface area contributed by atoms with Crippen LogP contribution in [0.25, 0.3) is 32.3 Å². The van der Waals surface area contributed by atoms with E-state index in [0.29, 0.717) is 5.75 Å². The SMILES string of the molecule is COc1ccccc1[P+](c1ccccc1)(c1ccccc1)c1ccccc1.[O-]B([O-])Oc1cccc2ccc3cc4ccccc4cc3c12. The van der Waals surface area contributed by atoms with Gasteiger partial charge in [-0.2, -0.15) is 0 Å². The van der Waals surface area contributed by atoms with Crippen molar-refractivity contribution < 1.29 is 19.4 Å². The number of fused-ring (bicyclic) bond motifs is 4. The highest BCUT2D eigenvalue weighted by Gasteiger charge is 2.49. The van der Waals surface area contributed by atoms with E-state index in [1.54, 1.807) is 19.2 Å². The Labute approximate surface area is 287 Å². The number of para-hydroxylation sites is 1. The van der Waals surface area contributed by atoms with Gasteiger partial charge in [0.1, 0.15) is 36.2 Å². The first-order chi connectivity index (χ1) is 24.1. The molecule has 0 aliphatic heterocycles. The van der Waals surface area contributed by atoms with Crippen molar-refractivity contribution in [2.45, 2.75) is 0 Å². The first-order valence-corrected chi connectivity index (χ1v) is 17.9. The summed E-state index contributed by atoms with van der Waals surface area (Å²) in [5.41, 5.74) is 0. The maximum Gasteiger partial charge on any atom is 0.162 e. The van der Waals surface area contributed by atoms with E-state index in [0.717, 1.165) is 38.1 Å². The van der Waals surface area contributed by atoms with Gasteiger partial charge in [0.15, 0.2) is 11.1 Å². The fourth-order valence-electron chi connectivity index (χ4n) is 6.70. The topological polar surface area (TPSA) is 64.6 Å². The summed E-state index contributed by atoms with van der Waals surface area (Å²) in [5, 5.41) is 33.1. The van der Waals surface area contributed by atoms with Gasteiger partial charge in [0.05, 0.1) is 7.11 Å². The van der Waals surface area contributed by atoms with Gasteiger partial charge in [0.25, 0.3) is 0 Å². The van der Waals surface area contributed by atoms with Gasteiger partial charge < -0.3 is 19.4 Å². The molecule has 0 spiro atoms. The summed E-state index contributed by atoms with van der Waals surface area (Å²) >= 11 is 0. The average molecular weight is 656 g/mol. The predicted molar refractivity (Wildman–Crippen MR) is 203 cm³/mol. The molecule has 8 aromatic carbocycles. The Morgan fingerprint density at radius 2 is 0.918 bits per heavy atom. The molecule has 0 bridgehead atoms. The molecule has 0 aliphatic rings. The molecule has 0 saturated heterocycles. The van der Waals surface area contributed by atoms with Crippen LogP contribution in [-0.4, -0.2) is 14.4 Å². The van der Waals surface area contributed by atoms with Crippen molar-refractivity contribution in [3.63, 3.8) is 0 Å². The zero-order chi connectivity index (χ0) is 33.6. The molecule has 238 valence electrons. The lowest BCUT2D eigenvalue weighted by molar-refractivity contribution is -0.372. The smallest absolute Gasteiger partial charge is 0.162 e. The minimum absolute atomic E-state index is 0.341. The number of methoxy groups -OCH3 is 1. The van der Waals surface area contributed by atoms with Gasteiger partial charge in [-0.05, 0) is 93.7 Å². The minimum Gasteiger partial charge on any atom is -0.860 e. The molecule has 0 N–H and O–H groups in total. The fraction of sp³-hybridized carbons (Fsp3) is 0.0233. The van der Waals surface area contributed by atoms with Crippen molar-refractivity contribution in [1.82, 2.24) is 0 Å². The highest BCUT2D eigenvalue weighted by molar-refractivity contribution is 8.01. The van der Waals surface area contributed by atoms with Crippen LogP contribution >= 0.6 is 7.26 Å². The molecular weight excluding hydrogens is 622 g/mol. The molecule has 8 rings (SSSR count). The molecule has 0 amide bonds. The Morgan fingerprint density at radius 1 is 0.449 bits per heavy atom. The average Bonchev–Trinajstić information content (AvgIpc) is 3.16. The van der Waals surface area contributed by atoms with Gasteiger partial charge in [0, 0.05) is 5.39 Å². The van der Waals surface area contributed by atoms with E-state index in [1.165, 1.54) is 21.2 Å². The van der Waals surface area contributed by atoms with E-state index < -0.39 is 14.6 Å². The van der Waals surface area contributed by atoms with E-state index in [9.17, 15) is 10.0 Å². The predicted octanol–water partition coefficient (Wildman–Crippen LogP) is 6.55. The lowest BCUT2D eigenvalue weighted by atomic mass is 9.97. The zero-order valence-corrected chi connectivity index (χ0v) is 27.9. The Hall–Kier alpha value is -5.45. The maximum absolute atomic E-state index is 10.9. The fourth-order valence-corrected chi connectivity index (χ4v) is 11.1. The van der Waals surface area contributed by atoms with E-state index >= 15 is 0 Å². The minimum atomic E-state index is -2.33.